The van der Waals surface area contributed by atoms with Crippen molar-refractivity contribution in [2.24, 2.45) is 5.92 Å². The van der Waals surface area contributed by atoms with Crippen LogP contribution in [-0.4, -0.2) is 22.5 Å². The molecule has 0 bridgehead atoms. The van der Waals surface area contributed by atoms with Gasteiger partial charge in [0.05, 0.1) is 4.92 Å². The predicted octanol–water partition coefficient (Wildman–Crippen LogP) is 3.53. The molecular formula is C14H20N2O4. The smallest absolute Gasteiger partial charge is 0.342 e. The van der Waals surface area contributed by atoms with Crippen LogP contribution in [-0.2, 0) is 0 Å². The van der Waals surface area contributed by atoms with E-state index in [0.29, 0.717) is 11.6 Å². The second-order valence-corrected chi connectivity index (χ2v) is 5.11. The topological polar surface area (TPSA) is 92.5 Å². The normalized spacial score (nSPS) is 10.6. The Bertz CT molecular complexity index is 486. The molecule has 0 aromatic heterocycles. The van der Waals surface area contributed by atoms with Crippen LogP contribution in [0.15, 0.2) is 18.2 Å². The molecule has 0 aliphatic heterocycles. The maximum atomic E-state index is 11.0. The van der Waals surface area contributed by atoms with E-state index in [-0.39, 0.29) is 11.3 Å². The van der Waals surface area contributed by atoms with E-state index in [2.05, 4.69) is 19.2 Å². The van der Waals surface area contributed by atoms with Gasteiger partial charge in [-0.2, -0.15) is 0 Å². The van der Waals surface area contributed by atoms with Crippen LogP contribution in [0.3, 0.4) is 0 Å². The molecule has 0 fully saturated rings. The summed E-state index contributed by atoms with van der Waals surface area (Å²) in [5, 5.41) is 22.8. The van der Waals surface area contributed by atoms with E-state index >= 15 is 0 Å². The number of aromatic carboxylic acids is 1. The average Bonchev–Trinajstić information content (AvgIpc) is 2.37. The fourth-order valence-electron chi connectivity index (χ4n) is 1.89. The molecule has 1 aromatic rings. The number of nitro benzene ring substituents is 1. The third-order valence-corrected chi connectivity index (χ3v) is 2.96. The van der Waals surface area contributed by atoms with Crippen molar-refractivity contribution in [3.8, 4) is 0 Å². The SMILES string of the molecule is CC(C)CCCCNc1ccc([N+](=O)[O-])c(C(=O)O)c1. The van der Waals surface area contributed by atoms with Gasteiger partial charge >= 0.3 is 5.97 Å². The molecule has 6 heteroatoms. The van der Waals surface area contributed by atoms with Gasteiger partial charge < -0.3 is 10.4 Å². The fraction of sp³-hybridized carbons (Fsp3) is 0.500. The van der Waals surface area contributed by atoms with Gasteiger partial charge in [-0.25, -0.2) is 4.79 Å². The number of carboxylic acids is 1. The fourth-order valence-corrected chi connectivity index (χ4v) is 1.89. The molecule has 0 aliphatic carbocycles. The van der Waals surface area contributed by atoms with Crippen LogP contribution in [0.25, 0.3) is 0 Å². The monoisotopic (exact) mass is 280 g/mol. The number of anilines is 1. The molecule has 0 unspecified atom stereocenters. The highest BCUT2D eigenvalue weighted by atomic mass is 16.6. The Hall–Kier alpha value is -2.11. The molecule has 20 heavy (non-hydrogen) atoms. The largest absolute Gasteiger partial charge is 0.477 e. The van der Waals surface area contributed by atoms with Crippen LogP contribution < -0.4 is 5.32 Å². The Morgan fingerprint density at radius 1 is 1.40 bits per heavy atom. The molecule has 0 spiro atoms. The van der Waals surface area contributed by atoms with Crippen molar-refractivity contribution >= 4 is 17.3 Å². The minimum Gasteiger partial charge on any atom is -0.477 e. The Morgan fingerprint density at radius 3 is 2.65 bits per heavy atom. The first-order valence-corrected chi connectivity index (χ1v) is 6.67. The van der Waals surface area contributed by atoms with Gasteiger partial charge in [0, 0.05) is 18.3 Å². The summed E-state index contributed by atoms with van der Waals surface area (Å²) >= 11 is 0. The van der Waals surface area contributed by atoms with Gasteiger partial charge in [0.15, 0.2) is 0 Å². The Labute approximate surface area is 118 Å². The molecule has 0 aliphatic rings. The summed E-state index contributed by atoms with van der Waals surface area (Å²) < 4.78 is 0. The van der Waals surface area contributed by atoms with Crippen molar-refractivity contribution in [2.45, 2.75) is 33.1 Å². The highest BCUT2D eigenvalue weighted by Gasteiger charge is 2.19. The first-order chi connectivity index (χ1) is 9.41. The number of nitro groups is 1. The van der Waals surface area contributed by atoms with Crippen LogP contribution >= 0.6 is 0 Å². The summed E-state index contributed by atoms with van der Waals surface area (Å²) in [7, 11) is 0. The number of hydrogen-bond acceptors (Lipinski definition) is 4. The summed E-state index contributed by atoms with van der Waals surface area (Å²) in [6.45, 7) is 5.06. The number of hydrogen-bond donors (Lipinski definition) is 2. The zero-order chi connectivity index (χ0) is 15.1. The van der Waals surface area contributed by atoms with E-state index in [9.17, 15) is 14.9 Å². The van der Waals surface area contributed by atoms with Crippen molar-refractivity contribution in [3.05, 3.63) is 33.9 Å². The molecule has 1 aromatic carbocycles. The zero-order valence-corrected chi connectivity index (χ0v) is 11.8. The van der Waals surface area contributed by atoms with Gasteiger partial charge in [-0.3, -0.25) is 10.1 Å². The standard InChI is InChI=1S/C14H20N2O4/c1-10(2)5-3-4-8-15-11-6-7-13(16(19)20)12(9-11)14(17)18/h6-7,9-10,15H,3-5,8H2,1-2H3,(H,17,18). The zero-order valence-electron chi connectivity index (χ0n) is 11.8. The highest BCUT2D eigenvalue weighted by molar-refractivity contribution is 5.93. The number of nitrogens with zero attached hydrogens (tertiary/aromatic N) is 1. The Kier molecular flexibility index (Phi) is 5.96. The van der Waals surface area contributed by atoms with Gasteiger partial charge in [-0.15, -0.1) is 0 Å². The summed E-state index contributed by atoms with van der Waals surface area (Å²) in [6.07, 6.45) is 3.24. The lowest BCUT2D eigenvalue weighted by molar-refractivity contribution is -0.385. The Morgan fingerprint density at radius 2 is 2.10 bits per heavy atom. The van der Waals surface area contributed by atoms with Gasteiger partial charge in [0.2, 0.25) is 0 Å². The van der Waals surface area contributed by atoms with Gasteiger partial charge in [-0.1, -0.05) is 26.7 Å². The summed E-state index contributed by atoms with van der Waals surface area (Å²) in [5.41, 5.74) is -0.0809. The number of benzene rings is 1. The molecular weight excluding hydrogens is 260 g/mol. The first-order valence-electron chi connectivity index (χ1n) is 6.67. The lowest BCUT2D eigenvalue weighted by Gasteiger charge is -2.08. The quantitative estimate of drug-likeness (QED) is 0.431. The van der Waals surface area contributed by atoms with Crippen LogP contribution in [0.4, 0.5) is 11.4 Å². The second-order valence-electron chi connectivity index (χ2n) is 5.11. The number of carboxylic acid groups (broad SMARTS) is 1. The van der Waals surface area contributed by atoms with Crippen LogP contribution in [0.1, 0.15) is 43.5 Å². The first kappa shape index (κ1) is 15.9. The molecule has 1 rings (SSSR count). The number of unbranched alkanes of at least 4 members (excludes halogenated alkanes) is 1. The van der Waals surface area contributed by atoms with E-state index in [0.717, 1.165) is 25.8 Å². The lowest BCUT2D eigenvalue weighted by atomic mass is 10.1. The van der Waals surface area contributed by atoms with Crippen molar-refractivity contribution in [1.82, 2.24) is 0 Å². The van der Waals surface area contributed by atoms with E-state index in [4.69, 9.17) is 5.11 Å². The molecule has 0 amide bonds. The van der Waals surface area contributed by atoms with Gasteiger partial charge in [-0.05, 0) is 24.5 Å². The molecule has 0 atom stereocenters. The van der Waals surface area contributed by atoms with Crippen molar-refractivity contribution in [1.29, 1.82) is 0 Å². The third kappa shape index (κ3) is 4.87. The van der Waals surface area contributed by atoms with Crippen molar-refractivity contribution in [2.75, 3.05) is 11.9 Å². The van der Waals surface area contributed by atoms with Gasteiger partial charge in [0.25, 0.3) is 5.69 Å². The summed E-state index contributed by atoms with van der Waals surface area (Å²) in [4.78, 5) is 21.0. The van der Waals surface area contributed by atoms with E-state index in [1.165, 1.54) is 18.2 Å². The summed E-state index contributed by atoms with van der Waals surface area (Å²) in [5.74, 6) is -0.617. The minimum absolute atomic E-state index is 0.290. The molecule has 6 nitrogen and oxygen atoms in total. The molecule has 0 radical (unpaired) electrons. The maximum absolute atomic E-state index is 11.0. The van der Waals surface area contributed by atoms with E-state index in [1.54, 1.807) is 0 Å². The third-order valence-electron chi connectivity index (χ3n) is 2.96. The van der Waals surface area contributed by atoms with Crippen molar-refractivity contribution in [3.63, 3.8) is 0 Å². The van der Waals surface area contributed by atoms with Crippen LogP contribution in [0.2, 0.25) is 0 Å². The number of carbonyl (C=O) groups is 1. The lowest BCUT2D eigenvalue weighted by Crippen LogP contribution is -2.06. The Balaban J connectivity index is 2.61. The van der Waals surface area contributed by atoms with Gasteiger partial charge in [0.1, 0.15) is 5.56 Å². The van der Waals surface area contributed by atoms with Crippen molar-refractivity contribution < 1.29 is 14.8 Å². The predicted molar refractivity (Wildman–Crippen MR) is 77.2 cm³/mol. The minimum atomic E-state index is -1.29. The maximum Gasteiger partial charge on any atom is 0.342 e. The van der Waals surface area contributed by atoms with E-state index in [1.807, 2.05) is 0 Å². The summed E-state index contributed by atoms with van der Waals surface area (Å²) in [6, 6.07) is 4.07. The highest BCUT2D eigenvalue weighted by Crippen LogP contribution is 2.22. The van der Waals surface area contributed by atoms with Crippen LogP contribution in [0.5, 0.6) is 0 Å². The molecule has 0 saturated carbocycles. The van der Waals surface area contributed by atoms with E-state index < -0.39 is 10.9 Å². The number of nitrogens with one attached hydrogen (secondary N) is 1. The second kappa shape index (κ2) is 7.47. The van der Waals surface area contributed by atoms with Crippen LogP contribution in [0, 0.1) is 16.0 Å². The average molecular weight is 280 g/mol. The molecule has 0 heterocycles. The number of rotatable bonds is 8. The molecule has 110 valence electrons. The molecule has 2 N–H and O–H groups in total. The molecule has 0 saturated heterocycles.